The Morgan fingerprint density at radius 2 is 1.70 bits per heavy atom. The molecule has 0 spiro atoms. The lowest BCUT2D eigenvalue weighted by Crippen LogP contribution is -2.53. The summed E-state index contributed by atoms with van der Waals surface area (Å²) in [6.07, 6.45) is 2.94. The molecule has 0 bridgehead atoms. The van der Waals surface area contributed by atoms with Gasteiger partial charge in [-0.05, 0) is 12.0 Å². The van der Waals surface area contributed by atoms with Gasteiger partial charge in [-0.1, -0.05) is 66.7 Å². The summed E-state index contributed by atoms with van der Waals surface area (Å²) in [5, 5.41) is 0. The molecule has 2 aliphatic heterocycles. The molecular weight excluding hydrogens is 340 g/mol. The van der Waals surface area contributed by atoms with Crippen LogP contribution in [-0.2, 0) is 25.6 Å². The third-order valence-corrected chi connectivity index (χ3v) is 5.13. The number of ether oxygens (including phenoxy) is 4. The molecule has 2 aliphatic rings. The molecule has 2 saturated heterocycles. The van der Waals surface area contributed by atoms with Crippen molar-refractivity contribution in [1.82, 2.24) is 0 Å². The molecule has 27 heavy (non-hydrogen) atoms. The standard InChI is InChI=1S/C23H26O4/c1-2-9-19-20(24-15-17-10-5-3-6-11-17)14-21-22(26-19)16-25-23(27-21)18-12-7-4-8-13-18/h2-8,10-13,19-23H,1,9,14-16H2/t19-,20-,21+,22-,23-/m1/s1. The average molecular weight is 366 g/mol. The Morgan fingerprint density at radius 3 is 2.44 bits per heavy atom. The SMILES string of the molecule is C=CC[C@H]1O[C@@H]2CO[C@@H](c3ccccc3)O[C@H]2C[C@H]1OCc1ccccc1. The number of hydrogen-bond acceptors (Lipinski definition) is 4. The van der Waals surface area contributed by atoms with E-state index in [9.17, 15) is 0 Å². The topological polar surface area (TPSA) is 36.9 Å². The fourth-order valence-corrected chi connectivity index (χ4v) is 3.71. The van der Waals surface area contributed by atoms with Crippen LogP contribution in [0.3, 0.4) is 0 Å². The summed E-state index contributed by atoms with van der Waals surface area (Å²) in [4.78, 5) is 0. The van der Waals surface area contributed by atoms with Crippen LogP contribution >= 0.6 is 0 Å². The van der Waals surface area contributed by atoms with Crippen LogP contribution in [0, 0.1) is 0 Å². The quantitative estimate of drug-likeness (QED) is 0.709. The summed E-state index contributed by atoms with van der Waals surface area (Å²) < 4.78 is 24.6. The minimum atomic E-state index is -0.346. The number of fused-ring (bicyclic) bond motifs is 1. The normalized spacial score (nSPS) is 30.4. The second kappa shape index (κ2) is 8.81. The van der Waals surface area contributed by atoms with Crippen molar-refractivity contribution in [2.75, 3.05) is 6.61 Å². The first-order valence-electron chi connectivity index (χ1n) is 9.57. The Morgan fingerprint density at radius 1 is 0.963 bits per heavy atom. The number of rotatable bonds is 6. The maximum absolute atomic E-state index is 6.27. The van der Waals surface area contributed by atoms with E-state index in [4.69, 9.17) is 18.9 Å². The van der Waals surface area contributed by atoms with Gasteiger partial charge in [0.2, 0.25) is 0 Å². The molecule has 0 saturated carbocycles. The summed E-state index contributed by atoms with van der Waals surface area (Å²) in [5.74, 6) is 0. The fourth-order valence-electron chi connectivity index (χ4n) is 3.71. The van der Waals surface area contributed by atoms with E-state index < -0.39 is 0 Å². The van der Waals surface area contributed by atoms with Crippen LogP contribution in [0.4, 0.5) is 0 Å². The second-order valence-corrected chi connectivity index (χ2v) is 7.06. The maximum atomic E-state index is 6.27. The smallest absolute Gasteiger partial charge is 0.184 e. The Kier molecular flexibility index (Phi) is 6.00. The Hall–Kier alpha value is -1.98. The summed E-state index contributed by atoms with van der Waals surface area (Å²) in [6, 6.07) is 20.3. The summed E-state index contributed by atoms with van der Waals surface area (Å²) in [7, 11) is 0. The molecule has 2 fully saturated rings. The van der Waals surface area contributed by atoms with Gasteiger partial charge in [0.15, 0.2) is 6.29 Å². The van der Waals surface area contributed by atoms with Gasteiger partial charge in [0.1, 0.15) is 6.10 Å². The van der Waals surface area contributed by atoms with Gasteiger partial charge in [0, 0.05) is 12.0 Å². The van der Waals surface area contributed by atoms with Crippen molar-refractivity contribution in [1.29, 1.82) is 0 Å². The Labute approximate surface area is 160 Å². The van der Waals surface area contributed by atoms with Crippen LogP contribution in [0.5, 0.6) is 0 Å². The second-order valence-electron chi connectivity index (χ2n) is 7.06. The van der Waals surface area contributed by atoms with Crippen molar-refractivity contribution >= 4 is 0 Å². The first-order chi connectivity index (χ1) is 13.3. The van der Waals surface area contributed by atoms with Crippen molar-refractivity contribution < 1.29 is 18.9 Å². The highest BCUT2D eigenvalue weighted by atomic mass is 16.7. The van der Waals surface area contributed by atoms with Crippen LogP contribution in [-0.4, -0.2) is 31.0 Å². The molecule has 0 aromatic heterocycles. The highest BCUT2D eigenvalue weighted by Gasteiger charge is 2.43. The lowest BCUT2D eigenvalue weighted by Gasteiger charge is -2.45. The first kappa shape index (κ1) is 18.4. The van der Waals surface area contributed by atoms with Gasteiger partial charge < -0.3 is 18.9 Å². The van der Waals surface area contributed by atoms with Gasteiger partial charge in [-0.3, -0.25) is 0 Å². The van der Waals surface area contributed by atoms with Gasteiger partial charge >= 0.3 is 0 Å². The van der Waals surface area contributed by atoms with E-state index in [1.165, 1.54) is 0 Å². The van der Waals surface area contributed by atoms with Crippen LogP contribution < -0.4 is 0 Å². The van der Waals surface area contributed by atoms with Gasteiger partial charge in [0.05, 0.1) is 31.5 Å². The van der Waals surface area contributed by atoms with Crippen molar-refractivity contribution in [3.05, 3.63) is 84.4 Å². The summed E-state index contributed by atoms with van der Waals surface area (Å²) >= 11 is 0. The highest BCUT2D eigenvalue weighted by molar-refractivity contribution is 5.16. The van der Waals surface area contributed by atoms with E-state index in [-0.39, 0.29) is 30.7 Å². The van der Waals surface area contributed by atoms with Gasteiger partial charge in [-0.2, -0.15) is 0 Å². The van der Waals surface area contributed by atoms with E-state index >= 15 is 0 Å². The highest BCUT2D eigenvalue weighted by Crippen LogP contribution is 2.35. The van der Waals surface area contributed by atoms with Gasteiger partial charge in [-0.15, -0.1) is 6.58 Å². The molecule has 0 radical (unpaired) electrons. The van der Waals surface area contributed by atoms with Crippen molar-refractivity contribution in [3.63, 3.8) is 0 Å². The predicted molar refractivity (Wildman–Crippen MR) is 103 cm³/mol. The Balaban J connectivity index is 1.42. The monoisotopic (exact) mass is 366 g/mol. The van der Waals surface area contributed by atoms with Crippen LogP contribution in [0.15, 0.2) is 73.3 Å². The zero-order valence-corrected chi connectivity index (χ0v) is 15.4. The maximum Gasteiger partial charge on any atom is 0.184 e. The summed E-state index contributed by atoms with van der Waals surface area (Å²) in [5.41, 5.74) is 2.19. The molecule has 4 heteroatoms. The molecule has 2 aromatic rings. The minimum Gasteiger partial charge on any atom is -0.371 e. The molecule has 0 N–H and O–H groups in total. The summed E-state index contributed by atoms with van der Waals surface area (Å²) in [6.45, 7) is 4.96. The van der Waals surface area contributed by atoms with E-state index in [1.807, 2.05) is 54.6 Å². The molecule has 4 rings (SSSR count). The van der Waals surface area contributed by atoms with Crippen LogP contribution in [0.25, 0.3) is 0 Å². The van der Waals surface area contributed by atoms with E-state index in [2.05, 4.69) is 18.7 Å². The van der Waals surface area contributed by atoms with Gasteiger partial charge in [-0.25, -0.2) is 0 Å². The molecule has 0 amide bonds. The lowest BCUT2D eigenvalue weighted by molar-refractivity contribution is -0.305. The molecule has 142 valence electrons. The van der Waals surface area contributed by atoms with Crippen LogP contribution in [0.1, 0.15) is 30.3 Å². The number of hydrogen-bond donors (Lipinski definition) is 0. The third-order valence-electron chi connectivity index (χ3n) is 5.13. The van der Waals surface area contributed by atoms with Crippen molar-refractivity contribution in [2.45, 2.75) is 50.2 Å². The molecule has 2 aromatic carbocycles. The van der Waals surface area contributed by atoms with Crippen LogP contribution in [0.2, 0.25) is 0 Å². The predicted octanol–water partition coefficient (Wildman–Crippen LogP) is 4.42. The van der Waals surface area contributed by atoms with E-state index in [1.54, 1.807) is 0 Å². The molecule has 5 atom stereocenters. The van der Waals surface area contributed by atoms with Gasteiger partial charge in [0.25, 0.3) is 0 Å². The molecule has 2 heterocycles. The third kappa shape index (κ3) is 4.47. The molecule has 0 aliphatic carbocycles. The lowest BCUT2D eigenvalue weighted by atomic mass is 9.95. The van der Waals surface area contributed by atoms with Crippen molar-refractivity contribution in [2.24, 2.45) is 0 Å². The zero-order valence-electron chi connectivity index (χ0n) is 15.4. The molecular formula is C23H26O4. The average Bonchev–Trinajstić information content (AvgIpc) is 2.73. The molecule has 0 unspecified atom stereocenters. The van der Waals surface area contributed by atoms with E-state index in [0.29, 0.717) is 13.2 Å². The van der Waals surface area contributed by atoms with E-state index in [0.717, 1.165) is 24.0 Å². The largest absolute Gasteiger partial charge is 0.371 e. The van der Waals surface area contributed by atoms with Crippen molar-refractivity contribution in [3.8, 4) is 0 Å². The molecule has 4 nitrogen and oxygen atoms in total. The Bertz CT molecular complexity index is 718. The fraction of sp³-hybridized carbons (Fsp3) is 0.391. The number of benzene rings is 2. The minimum absolute atomic E-state index is 0.0204. The first-order valence-corrected chi connectivity index (χ1v) is 9.57. The zero-order chi connectivity index (χ0) is 18.5.